The molecule has 0 unspecified atom stereocenters. The van der Waals surface area contributed by atoms with Crippen LogP contribution in [0.1, 0.15) is 16.8 Å². The number of anilines is 1. The number of ether oxygens (including phenoxy) is 1. The summed E-state index contributed by atoms with van der Waals surface area (Å²) in [5.41, 5.74) is 1.05. The van der Waals surface area contributed by atoms with Gasteiger partial charge in [-0.05, 0) is 48.5 Å². The van der Waals surface area contributed by atoms with Crippen LogP contribution in [0.3, 0.4) is 0 Å². The Morgan fingerprint density at radius 1 is 1.17 bits per heavy atom. The minimum atomic E-state index is -0.971. The standard InChI is InChI=1S/C18H16ClNO4/c19-14-3-5-15(6-4-14)20-10-12(9-17(20)21)11-24-16-7-1-13(2-8-16)18(22)23/h1-8,12H,9-11H2,(H,22,23)/t12-/m1/s1. The van der Waals surface area contributed by atoms with Crippen molar-refractivity contribution in [2.45, 2.75) is 6.42 Å². The van der Waals surface area contributed by atoms with E-state index in [2.05, 4.69) is 0 Å². The minimum absolute atomic E-state index is 0.0622. The fourth-order valence-electron chi connectivity index (χ4n) is 2.67. The molecule has 1 fully saturated rings. The summed E-state index contributed by atoms with van der Waals surface area (Å²) in [5, 5.41) is 9.50. The molecular formula is C18H16ClNO4. The predicted octanol–water partition coefficient (Wildman–Crippen LogP) is 3.47. The highest BCUT2D eigenvalue weighted by atomic mass is 35.5. The van der Waals surface area contributed by atoms with E-state index in [1.165, 1.54) is 12.1 Å². The van der Waals surface area contributed by atoms with E-state index in [0.717, 1.165) is 5.69 Å². The van der Waals surface area contributed by atoms with Crippen LogP contribution in [-0.2, 0) is 4.79 Å². The summed E-state index contributed by atoms with van der Waals surface area (Å²) in [6, 6.07) is 13.4. The first-order chi connectivity index (χ1) is 11.5. The second-order valence-electron chi connectivity index (χ2n) is 5.69. The van der Waals surface area contributed by atoms with E-state index in [1.54, 1.807) is 29.2 Å². The number of hydrogen-bond donors (Lipinski definition) is 1. The van der Waals surface area contributed by atoms with Crippen molar-refractivity contribution in [2.75, 3.05) is 18.1 Å². The van der Waals surface area contributed by atoms with E-state index in [-0.39, 0.29) is 17.4 Å². The number of halogens is 1. The zero-order valence-corrected chi connectivity index (χ0v) is 13.6. The van der Waals surface area contributed by atoms with Crippen molar-refractivity contribution in [1.82, 2.24) is 0 Å². The first kappa shape index (κ1) is 16.3. The molecule has 6 heteroatoms. The molecule has 0 aliphatic carbocycles. The summed E-state index contributed by atoms with van der Waals surface area (Å²) in [6.07, 6.45) is 0.426. The van der Waals surface area contributed by atoms with E-state index in [4.69, 9.17) is 21.4 Å². The van der Waals surface area contributed by atoms with Crippen LogP contribution < -0.4 is 9.64 Å². The second kappa shape index (κ2) is 6.93. The Kier molecular flexibility index (Phi) is 4.71. The van der Waals surface area contributed by atoms with Crippen molar-refractivity contribution in [2.24, 2.45) is 5.92 Å². The zero-order valence-electron chi connectivity index (χ0n) is 12.8. The molecular weight excluding hydrogens is 330 g/mol. The van der Waals surface area contributed by atoms with Crippen LogP contribution in [0.15, 0.2) is 48.5 Å². The highest BCUT2D eigenvalue weighted by molar-refractivity contribution is 6.30. The summed E-state index contributed by atoms with van der Waals surface area (Å²) >= 11 is 5.87. The van der Waals surface area contributed by atoms with Gasteiger partial charge in [0.2, 0.25) is 5.91 Å². The first-order valence-electron chi connectivity index (χ1n) is 7.55. The van der Waals surface area contributed by atoms with Gasteiger partial charge in [0.25, 0.3) is 0 Å². The van der Waals surface area contributed by atoms with Gasteiger partial charge in [-0.3, -0.25) is 4.79 Å². The topological polar surface area (TPSA) is 66.8 Å². The maximum absolute atomic E-state index is 12.2. The summed E-state index contributed by atoms with van der Waals surface area (Å²) in [4.78, 5) is 24.7. The monoisotopic (exact) mass is 345 g/mol. The van der Waals surface area contributed by atoms with E-state index < -0.39 is 5.97 Å². The van der Waals surface area contributed by atoms with Crippen molar-refractivity contribution in [3.8, 4) is 5.75 Å². The van der Waals surface area contributed by atoms with Gasteiger partial charge in [-0.25, -0.2) is 4.79 Å². The summed E-state index contributed by atoms with van der Waals surface area (Å²) in [7, 11) is 0. The molecule has 0 saturated carbocycles. The Bertz CT molecular complexity index is 743. The van der Waals surface area contributed by atoms with Gasteiger partial charge in [0, 0.05) is 29.6 Å². The number of benzene rings is 2. The lowest BCUT2D eigenvalue weighted by atomic mass is 10.1. The van der Waals surface area contributed by atoms with Crippen LogP contribution in [0, 0.1) is 5.92 Å². The number of amides is 1. The van der Waals surface area contributed by atoms with Gasteiger partial charge in [0.15, 0.2) is 0 Å². The first-order valence-corrected chi connectivity index (χ1v) is 7.93. The Morgan fingerprint density at radius 2 is 1.83 bits per heavy atom. The van der Waals surface area contributed by atoms with E-state index >= 15 is 0 Å². The highest BCUT2D eigenvalue weighted by Gasteiger charge is 2.31. The van der Waals surface area contributed by atoms with Crippen LogP contribution >= 0.6 is 11.6 Å². The van der Waals surface area contributed by atoms with Crippen molar-refractivity contribution < 1.29 is 19.4 Å². The third-order valence-corrected chi connectivity index (χ3v) is 4.18. The molecule has 0 radical (unpaired) electrons. The quantitative estimate of drug-likeness (QED) is 0.901. The molecule has 5 nitrogen and oxygen atoms in total. The number of nitrogens with zero attached hydrogens (tertiary/aromatic N) is 1. The van der Waals surface area contributed by atoms with Gasteiger partial charge in [-0.1, -0.05) is 11.6 Å². The minimum Gasteiger partial charge on any atom is -0.493 e. The Morgan fingerprint density at radius 3 is 2.46 bits per heavy atom. The lowest BCUT2D eigenvalue weighted by Gasteiger charge is -2.17. The number of carboxylic acid groups (broad SMARTS) is 1. The third kappa shape index (κ3) is 3.68. The van der Waals surface area contributed by atoms with Crippen molar-refractivity contribution in [3.05, 3.63) is 59.1 Å². The van der Waals surface area contributed by atoms with Crippen molar-refractivity contribution in [1.29, 1.82) is 0 Å². The van der Waals surface area contributed by atoms with E-state index in [0.29, 0.717) is 30.3 Å². The number of carbonyl (C=O) groups is 2. The maximum Gasteiger partial charge on any atom is 0.335 e. The van der Waals surface area contributed by atoms with Gasteiger partial charge >= 0.3 is 5.97 Å². The predicted molar refractivity (Wildman–Crippen MR) is 90.8 cm³/mol. The fraction of sp³-hybridized carbons (Fsp3) is 0.222. The molecule has 1 aliphatic rings. The van der Waals surface area contributed by atoms with Crippen LogP contribution in [0.5, 0.6) is 5.75 Å². The van der Waals surface area contributed by atoms with Gasteiger partial charge in [0.1, 0.15) is 5.75 Å². The molecule has 1 saturated heterocycles. The van der Waals surface area contributed by atoms with Gasteiger partial charge in [-0.15, -0.1) is 0 Å². The summed E-state index contributed by atoms with van der Waals surface area (Å²) in [5.74, 6) is -0.224. The van der Waals surface area contributed by atoms with Crippen LogP contribution in [0.25, 0.3) is 0 Å². The van der Waals surface area contributed by atoms with E-state index in [9.17, 15) is 9.59 Å². The number of aromatic carboxylic acids is 1. The molecule has 124 valence electrons. The average Bonchev–Trinajstić information content (AvgIpc) is 2.95. The zero-order chi connectivity index (χ0) is 17.1. The number of rotatable bonds is 5. The molecule has 0 aromatic heterocycles. The van der Waals surface area contributed by atoms with Gasteiger partial charge in [-0.2, -0.15) is 0 Å². The van der Waals surface area contributed by atoms with Crippen LogP contribution in [0.2, 0.25) is 5.02 Å². The molecule has 1 atom stereocenters. The molecule has 2 aromatic carbocycles. The Labute approximate surface area is 144 Å². The van der Waals surface area contributed by atoms with Crippen molar-refractivity contribution >= 4 is 29.2 Å². The molecule has 1 amide bonds. The maximum atomic E-state index is 12.2. The molecule has 1 N–H and O–H groups in total. The second-order valence-corrected chi connectivity index (χ2v) is 6.13. The molecule has 3 rings (SSSR count). The normalized spacial score (nSPS) is 17.1. The smallest absolute Gasteiger partial charge is 0.335 e. The highest BCUT2D eigenvalue weighted by Crippen LogP contribution is 2.27. The van der Waals surface area contributed by atoms with Gasteiger partial charge < -0.3 is 14.7 Å². The number of carbonyl (C=O) groups excluding carboxylic acids is 1. The average molecular weight is 346 g/mol. The molecule has 0 bridgehead atoms. The molecule has 24 heavy (non-hydrogen) atoms. The Hall–Kier alpha value is -2.53. The SMILES string of the molecule is O=C(O)c1ccc(OC[C@@H]2CC(=O)N(c3ccc(Cl)cc3)C2)cc1. The Balaban J connectivity index is 1.58. The fourth-order valence-corrected chi connectivity index (χ4v) is 2.80. The van der Waals surface area contributed by atoms with Crippen LogP contribution in [-0.4, -0.2) is 30.1 Å². The summed E-state index contributed by atoms with van der Waals surface area (Å²) < 4.78 is 5.68. The molecule has 1 aliphatic heterocycles. The van der Waals surface area contributed by atoms with Crippen LogP contribution in [0.4, 0.5) is 5.69 Å². The number of hydrogen-bond acceptors (Lipinski definition) is 3. The largest absolute Gasteiger partial charge is 0.493 e. The van der Waals surface area contributed by atoms with E-state index in [1.807, 2.05) is 12.1 Å². The van der Waals surface area contributed by atoms with Crippen molar-refractivity contribution in [3.63, 3.8) is 0 Å². The third-order valence-electron chi connectivity index (χ3n) is 3.93. The molecule has 1 heterocycles. The lowest BCUT2D eigenvalue weighted by molar-refractivity contribution is -0.117. The molecule has 0 spiro atoms. The molecule has 2 aromatic rings. The summed E-state index contributed by atoms with van der Waals surface area (Å²) in [6.45, 7) is 0.996. The van der Waals surface area contributed by atoms with Gasteiger partial charge in [0.05, 0.1) is 12.2 Å². The number of carboxylic acids is 1. The lowest BCUT2D eigenvalue weighted by Crippen LogP contribution is -2.25.